The van der Waals surface area contributed by atoms with Gasteiger partial charge in [-0.25, -0.2) is 4.68 Å². The summed E-state index contributed by atoms with van der Waals surface area (Å²) in [7, 11) is 0. The lowest BCUT2D eigenvalue weighted by Crippen LogP contribution is -2.54. The fourth-order valence-corrected chi connectivity index (χ4v) is 4.17. The van der Waals surface area contributed by atoms with Crippen LogP contribution in [0.15, 0.2) is 35.1 Å². The average molecular weight is 396 g/mol. The molecule has 0 saturated heterocycles. The summed E-state index contributed by atoms with van der Waals surface area (Å²) in [6.45, 7) is 5.73. The number of rotatable bonds is 6. The first-order valence-corrected chi connectivity index (χ1v) is 10.5. The van der Waals surface area contributed by atoms with Crippen LogP contribution in [-0.4, -0.2) is 32.4 Å². The Kier molecular flexibility index (Phi) is 5.07. The predicted octanol–water partition coefficient (Wildman–Crippen LogP) is 2.94. The number of nitrogens with zero attached hydrogens (tertiary/aromatic N) is 2. The zero-order valence-corrected chi connectivity index (χ0v) is 17.3. The molecule has 29 heavy (non-hydrogen) atoms. The first-order valence-electron chi connectivity index (χ1n) is 10.5. The predicted molar refractivity (Wildman–Crippen MR) is 112 cm³/mol. The van der Waals surface area contributed by atoms with E-state index >= 15 is 0 Å². The van der Waals surface area contributed by atoms with E-state index in [-0.39, 0.29) is 30.0 Å². The summed E-state index contributed by atoms with van der Waals surface area (Å²) in [5, 5.41) is 17.2. The van der Waals surface area contributed by atoms with Crippen LogP contribution in [0.1, 0.15) is 69.5 Å². The maximum Gasteiger partial charge on any atom is 0.267 e. The third-order valence-electron chi connectivity index (χ3n) is 5.85. The van der Waals surface area contributed by atoms with Crippen LogP contribution in [0.5, 0.6) is 0 Å². The molecule has 6 nitrogen and oxygen atoms in total. The van der Waals surface area contributed by atoms with Gasteiger partial charge in [0.1, 0.15) is 6.54 Å². The minimum atomic E-state index is -0.700. The van der Waals surface area contributed by atoms with Gasteiger partial charge in [0.15, 0.2) is 0 Å². The number of carbonyl (C=O) groups excluding carboxylic acids is 1. The molecule has 2 saturated carbocycles. The molecule has 1 aromatic heterocycles. The molecule has 0 atom stereocenters. The summed E-state index contributed by atoms with van der Waals surface area (Å²) in [5.41, 5.74) is 3.01. The Morgan fingerprint density at radius 1 is 1.31 bits per heavy atom. The number of amides is 1. The van der Waals surface area contributed by atoms with Crippen molar-refractivity contribution >= 4 is 5.91 Å². The van der Waals surface area contributed by atoms with E-state index in [1.165, 1.54) is 23.1 Å². The second kappa shape index (κ2) is 7.41. The molecule has 0 aliphatic heterocycles. The summed E-state index contributed by atoms with van der Waals surface area (Å²) in [6, 6.07) is 9.94. The van der Waals surface area contributed by atoms with Crippen molar-refractivity contribution in [3.63, 3.8) is 0 Å². The third-order valence-corrected chi connectivity index (χ3v) is 5.85. The SMILES string of the molecule is CC(C)c1nn(CC(=O)NC2CC(C)(O)C2)c(=O)cc1-c1cccc(C2CC2)c1. The van der Waals surface area contributed by atoms with Crippen LogP contribution in [-0.2, 0) is 11.3 Å². The van der Waals surface area contributed by atoms with Crippen molar-refractivity contribution in [3.8, 4) is 11.1 Å². The molecule has 2 fully saturated rings. The Balaban J connectivity index is 1.57. The molecule has 6 heteroatoms. The molecule has 1 aromatic carbocycles. The van der Waals surface area contributed by atoms with Gasteiger partial charge in [0.25, 0.3) is 5.56 Å². The zero-order valence-electron chi connectivity index (χ0n) is 17.3. The van der Waals surface area contributed by atoms with E-state index in [4.69, 9.17) is 0 Å². The van der Waals surface area contributed by atoms with Crippen LogP contribution in [0, 0.1) is 0 Å². The Morgan fingerprint density at radius 2 is 2.03 bits per heavy atom. The number of benzene rings is 1. The first-order chi connectivity index (χ1) is 13.7. The lowest BCUT2D eigenvalue weighted by atomic mass is 9.77. The summed E-state index contributed by atoms with van der Waals surface area (Å²) in [6.07, 6.45) is 3.53. The number of carbonyl (C=O) groups is 1. The van der Waals surface area contributed by atoms with E-state index in [0.29, 0.717) is 18.8 Å². The summed E-state index contributed by atoms with van der Waals surface area (Å²) < 4.78 is 1.25. The van der Waals surface area contributed by atoms with E-state index in [9.17, 15) is 14.7 Å². The van der Waals surface area contributed by atoms with E-state index < -0.39 is 5.60 Å². The molecule has 2 aliphatic carbocycles. The third kappa shape index (κ3) is 4.42. The van der Waals surface area contributed by atoms with Gasteiger partial charge in [-0.2, -0.15) is 5.10 Å². The lowest BCUT2D eigenvalue weighted by molar-refractivity contribution is -0.125. The summed E-state index contributed by atoms with van der Waals surface area (Å²) in [5.74, 6) is 0.506. The molecular formula is C23H29N3O3. The maximum atomic E-state index is 12.7. The van der Waals surface area contributed by atoms with Gasteiger partial charge in [0, 0.05) is 17.7 Å². The molecule has 1 amide bonds. The molecule has 2 N–H and O–H groups in total. The van der Waals surface area contributed by atoms with Crippen molar-refractivity contribution < 1.29 is 9.90 Å². The molecule has 1 heterocycles. The summed E-state index contributed by atoms with van der Waals surface area (Å²) >= 11 is 0. The topological polar surface area (TPSA) is 84.2 Å². The quantitative estimate of drug-likeness (QED) is 0.788. The van der Waals surface area contributed by atoms with Crippen LogP contribution in [0.4, 0.5) is 0 Å². The highest BCUT2D eigenvalue weighted by atomic mass is 16.3. The van der Waals surface area contributed by atoms with Gasteiger partial charge in [0.05, 0.1) is 11.3 Å². The normalized spacial score (nSPS) is 23.7. The van der Waals surface area contributed by atoms with Crippen molar-refractivity contribution in [2.75, 3.05) is 0 Å². The van der Waals surface area contributed by atoms with Crippen LogP contribution in [0.3, 0.4) is 0 Å². The van der Waals surface area contributed by atoms with Crippen LogP contribution < -0.4 is 10.9 Å². The number of hydrogen-bond donors (Lipinski definition) is 2. The Labute approximate surface area is 171 Å². The first kappa shape index (κ1) is 19.8. The molecule has 0 bridgehead atoms. The molecule has 0 unspecified atom stereocenters. The standard InChI is InChI=1S/C23H29N3O3/c1-14(2)22-19(17-6-4-5-16(9-17)15-7-8-15)10-21(28)26(25-22)13-20(27)24-18-11-23(3,29)12-18/h4-6,9-10,14-15,18,29H,7-8,11-13H2,1-3H3,(H,24,27). The number of aromatic nitrogens is 2. The molecular weight excluding hydrogens is 366 g/mol. The fourth-order valence-electron chi connectivity index (χ4n) is 4.17. The number of nitrogens with one attached hydrogen (secondary N) is 1. The highest BCUT2D eigenvalue weighted by Crippen LogP contribution is 2.41. The monoisotopic (exact) mass is 395 g/mol. The lowest BCUT2D eigenvalue weighted by Gasteiger charge is -2.41. The van der Waals surface area contributed by atoms with Crippen molar-refractivity contribution in [1.29, 1.82) is 0 Å². The van der Waals surface area contributed by atoms with Crippen molar-refractivity contribution in [2.45, 2.75) is 76.5 Å². The Bertz CT molecular complexity index is 981. The average Bonchev–Trinajstić information content (AvgIpc) is 3.46. The van der Waals surface area contributed by atoms with E-state index in [0.717, 1.165) is 16.8 Å². The second-order valence-corrected chi connectivity index (χ2v) is 9.16. The van der Waals surface area contributed by atoms with Crippen molar-refractivity contribution in [3.05, 3.63) is 51.9 Å². The van der Waals surface area contributed by atoms with Crippen LogP contribution in [0.2, 0.25) is 0 Å². The van der Waals surface area contributed by atoms with Gasteiger partial charge in [-0.15, -0.1) is 0 Å². The molecule has 4 rings (SSSR count). The number of hydrogen-bond acceptors (Lipinski definition) is 4. The van der Waals surface area contributed by atoms with Gasteiger partial charge >= 0.3 is 0 Å². The van der Waals surface area contributed by atoms with E-state index in [2.05, 4.69) is 22.5 Å². The van der Waals surface area contributed by atoms with Gasteiger partial charge in [0.2, 0.25) is 5.91 Å². The highest BCUT2D eigenvalue weighted by Gasteiger charge is 2.39. The van der Waals surface area contributed by atoms with Gasteiger partial charge in [-0.3, -0.25) is 9.59 Å². The van der Waals surface area contributed by atoms with Crippen LogP contribution in [0.25, 0.3) is 11.1 Å². The smallest absolute Gasteiger partial charge is 0.267 e. The largest absolute Gasteiger partial charge is 0.390 e. The second-order valence-electron chi connectivity index (χ2n) is 9.16. The van der Waals surface area contributed by atoms with Gasteiger partial charge in [-0.1, -0.05) is 38.1 Å². The van der Waals surface area contributed by atoms with E-state index in [1.807, 2.05) is 26.0 Å². The van der Waals surface area contributed by atoms with Crippen LogP contribution >= 0.6 is 0 Å². The molecule has 2 aromatic rings. The molecule has 0 radical (unpaired) electrons. The van der Waals surface area contributed by atoms with Crippen molar-refractivity contribution in [1.82, 2.24) is 15.1 Å². The van der Waals surface area contributed by atoms with Gasteiger partial charge in [-0.05, 0) is 55.6 Å². The molecule has 2 aliphatic rings. The van der Waals surface area contributed by atoms with Crippen molar-refractivity contribution in [2.24, 2.45) is 0 Å². The molecule has 154 valence electrons. The Hall–Kier alpha value is -2.47. The minimum Gasteiger partial charge on any atom is -0.390 e. The maximum absolute atomic E-state index is 12.7. The molecule has 0 spiro atoms. The summed E-state index contributed by atoms with van der Waals surface area (Å²) in [4.78, 5) is 25.1. The fraction of sp³-hybridized carbons (Fsp3) is 0.522. The van der Waals surface area contributed by atoms with Gasteiger partial charge < -0.3 is 10.4 Å². The minimum absolute atomic E-state index is 0.0396. The van der Waals surface area contributed by atoms with E-state index in [1.54, 1.807) is 13.0 Å². The Morgan fingerprint density at radius 3 is 2.66 bits per heavy atom. The number of aliphatic hydroxyl groups is 1. The zero-order chi connectivity index (χ0) is 20.8. The highest BCUT2D eigenvalue weighted by molar-refractivity contribution is 5.76.